The van der Waals surface area contributed by atoms with E-state index < -0.39 is 11.8 Å². The van der Waals surface area contributed by atoms with E-state index >= 15 is 0 Å². The fraction of sp³-hybridized carbons (Fsp3) is 0.174. The number of aromatic nitrogens is 2. The zero-order chi connectivity index (χ0) is 23.2. The monoisotopic (exact) mass is 468 g/mol. The molecule has 10 heteroatoms. The molecule has 0 spiro atoms. The Morgan fingerprint density at radius 1 is 1.09 bits per heavy atom. The van der Waals surface area contributed by atoms with Gasteiger partial charge in [-0.1, -0.05) is 23.7 Å². The van der Waals surface area contributed by atoms with Gasteiger partial charge in [-0.3, -0.25) is 14.3 Å². The lowest BCUT2D eigenvalue weighted by Crippen LogP contribution is -2.25. The van der Waals surface area contributed by atoms with Crippen molar-refractivity contribution < 1.29 is 23.2 Å². The summed E-state index contributed by atoms with van der Waals surface area (Å²) in [4.78, 5) is 25.4. The van der Waals surface area contributed by atoms with Crippen LogP contribution in [0.1, 0.15) is 39.5 Å². The molecule has 0 aliphatic heterocycles. The number of anilines is 1. The molecule has 0 radical (unpaired) electrons. The number of nitrogens with one attached hydrogen (secondary N) is 2. The smallest absolute Gasteiger partial charge is 0.291 e. The van der Waals surface area contributed by atoms with E-state index in [-0.39, 0.29) is 30.3 Å². The summed E-state index contributed by atoms with van der Waals surface area (Å²) >= 11 is 6.08. The van der Waals surface area contributed by atoms with E-state index in [0.717, 1.165) is 0 Å². The van der Waals surface area contributed by atoms with Gasteiger partial charge in [0, 0.05) is 12.7 Å². The molecule has 0 atom stereocenters. The summed E-state index contributed by atoms with van der Waals surface area (Å²) in [5, 5.41) is 10.1. The molecular weight excluding hydrogens is 448 g/mol. The molecule has 170 valence electrons. The number of furan rings is 2. The second kappa shape index (κ2) is 10.1. The Labute approximate surface area is 194 Å². The minimum atomic E-state index is -0.519. The molecule has 2 N–H and O–H groups in total. The molecule has 3 aromatic heterocycles. The molecule has 0 saturated carbocycles. The molecule has 0 fully saturated rings. The summed E-state index contributed by atoms with van der Waals surface area (Å²) in [5.41, 5.74) is 0.356. The third-order valence-electron chi connectivity index (χ3n) is 4.64. The van der Waals surface area contributed by atoms with Crippen molar-refractivity contribution in [1.82, 2.24) is 15.1 Å². The van der Waals surface area contributed by atoms with Crippen molar-refractivity contribution in [3.63, 3.8) is 0 Å². The molecule has 4 rings (SSSR count). The summed E-state index contributed by atoms with van der Waals surface area (Å²) in [7, 11) is 0. The van der Waals surface area contributed by atoms with Crippen LogP contribution < -0.4 is 15.4 Å². The van der Waals surface area contributed by atoms with E-state index in [9.17, 15) is 9.59 Å². The van der Waals surface area contributed by atoms with E-state index in [0.29, 0.717) is 28.8 Å². The third-order valence-corrected chi connectivity index (χ3v) is 4.96. The summed E-state index contributed by atoms with van der Waals surface area (Å²) in [6.45, 7) is 2.70. The van der Waals surface area contributed by atoms with Crippen LogP contribution in [0.4, 0.5) is 5.69 Å². The molecule has 0 aliphatic rings. The highest BCUT2D eigenvalue weighted by Crippen LogP contribution is 2.24. The summed E-state index contributed by atoms with van der Waals surface area (Å²) < 4.78 is 18.0. The molecule has 1 aromatic carbocycles. The lowest BCUT2D eigenvalue weighted by atomic mass is 10.3. The molecule has 0 aliphatic carbocycles. The van der Waals surface area contributed by atoms with Crippen molar-refractivity contribution in [3.05, 3.63) is 89.0 Å². The van der Waals surface area contributed by atoms with E-state index in [1.54, 1.807) is 53.3 Å². The molecular formula is C23H21ClN4O5. The van der Waals surface area contributed by atoms with Crippen molar-refractivity contribution in [2.75, 3.05) is 5.32 Å². The molecule has 2 amide bonds. The minimum absolute atomic E-state index is 0.0685. The minimum Gasteiger partial charge on any atom is -0.484 e. The number of carbonyl (C=O) groups excluding carboxylic acids is 2. The number of rotatable bonds is 9. The standard InChI is InChI=1S/C23H21ClN4O5/c1-2-28-13-18(21(27-28)23(30)25-12-15-6-5-11-31-15)26-22(29)20-10-9-16(33-20)14-32-19-8-4-3-7-17(19)24/h3-11,13H,2,12,14H2,1H3,(H,25,30)(H,26,29). The number of halogens is 1. The van der Waals surface area contributed by atoms with Crippen LogP contribution in [0.15, 0.2) is 69.8 Å². The Balaban J connectivity index is 1.41. The van der Waals surface area contributed by atoms with Crippen LogP contribution in [0.5, 0.6) is 5.75 Å². The zero-order valence-corrected chi connectivity index (χ0v) is 18.5. The van der Waals surface area contributed by atoms with Crippen molar-refractivity contribution >= 4 is 29.1 Å². The van der Waals surface area contributed by atoms with E-state index in [1.165, 1.54) is 12.3 Å². The van der Waals surface area contributed by atoms with Crippen molar-refractivity contribution in [2.24, 2.45) is 0 Å². The van der Waals surface area contributed by atoms with Gasteiger partial charge < -0.3 is 24.2 Å². The largest absolute Gasteiger partial charge is 0.484 e. The molecule has 3 heterocycles. The summed E-state index contributed by atoms with van der Waals surface area (Å²) in [6.07, 6.45) is 3.11. The Morgan fingerprint density at radius 3 is 2.70 bits per heavy atom. The first-order chi connectivity index (χ1) is 16.0. The molecule has 33 heavy (non-hydrogen) atoms. The number of amides is 2. The number of nitrogens with zero attached hydrogens (tertiary/aromatic N) is 2. The molecule has 9 nitrogen and oxygen atoms in total. The van der Waals surface area contributed by atoms with Gasteiger partial charge in [0.05, 0.1) is 23.5 Å². The van der Waals surface area contributed by atoms with Gasteiger partial charge in [-0.05, 0) is 43.3 Å². The number of hydrogen-bond acceptors (Lipinski definition) is 6. The maximum Gasteiger partial charge on any atom is 0.291 e. The SMILES string of the molecule is CCn1cc(NC(=O)c2ccc(COc3ccccc3Cl)o2)c(C(=O)NCc2ccco2)n1. The Morgan fingerprint density at radius 2 is 1.94 bits per heavy atom. The number of para-hydroxylation sites is 1. The van der Waals surface area contributed by atoms with Gasteiger partial charge in [0.2, 0.25) is 0 Å². The highest BCUT2D eigenvalue weighted by atomic mass is 35.5. The van der Waals surface area contributed by atoms with Crippen LogP contribution in [0.25, 0.3) is 0 Å². The Bertz CT molecular complexity index is 1250. The third kappa shape index (κ3) is 5.45. The quantitative estimate of drug-likeness (QED) is 0.374. The average Bonchev–Trinajstić information content (AvgIpc) is 3.58. The maximum absolute atomic E-state index is 12.7. The lowest BCUT2D eigenvalue weighted by molar-refractivity contribution is 0.0943. The molecule has 0 unspecified atom stereocenters. The average molecular weight is 469 g/mol. The van der Waals surface area contributed by atoms with Gasteiger partial charge in [-0.25, -0.2) is 0 Å². The summed E-state index contributed by atoms with van der Waals surface area (Å²) in [6, 6.07) is 13.7. The molecule has 0 saturated heterocycles. The second-order valence-corrected chi connectivity index (χ2v) is 7.36. The number of ether oxygens (including phenoxy) is 1. The van der Waals surface area contributed by atoms with Crippen LogP contribution in [0.2, 0.25) is 5.02 Å². The van der Waals surface area contributed by atoms with Gasteiger partial charge in [0.1, 0.15) is 23.9 Å². The number of benzene rings is 1. The van der Waals surface area contributed by atoms with Gasteiger partial charge >= 0.3 is 0 Å². The predicted molar refractivity (Wildman–Crippen MR) is 120 cm³/mol. The Hall–Kier alpha value is -3.98. The van der Waals surface area contributed by atoms with Gasteiger partial charge in [-0.2, -0.15) is 5.10 Å². The van der Waals surface area contributed by atoms with Crippen LogP contribution in [0, 0.1) is 0 Å². The fourth-order valence-electron chi connectivity index (χ4n) is 2.98. The van der Waals surface area contributed by atoms with Crippen LogP contribution in [0.3, 0.4) is 0 Å². The Kier molecular flexibility index (Phi) is 6.80. The topological polar surface area (TPSA) is 112 Å². The summed E-state index contributed by atoms with van der Waals surface area (Å²) in [5.74, 6) is 0.668. The zero-order valence-electron chi connectivity index (χ0n) is 17.7. The number of carbonyl (C=O) groups is 2. The van der Waals surface area contributed by atoms with Gasteiger partial charge in [0.25, 0.3) is 11.8 Å². The number of aryl methyl sites for hydroxylation is 1. The van der Waals surface area contributed by atoms with Crippen molar-refractivity contribution in [1.29, 1.82) is 0 Å². The second-order valence-electron chi connectivity index (χ2n) is 6.95. The molecule has 0 bridgehead atoms. The van der Waals surface area contributed by atoms with Crippen LogP contribution >= 0.6 is 11.6 Å². The first-order valence-electron chi connectivity index (χ1n) is 10.2. The van der Waals surface area contributed by atoms with E-state index in [1.807, 2.05) is 6.92 Å². The van der Waals surface area contributed by atoms with Crippen LogP contribution in [-0.2, 0) is 19.7 Å². The van der Waals surface area contributed by atoms with Crippen molar-refractivity contribution in [2.45, 2.75) is 26.6 Å². The highest BCUT2D eigenvalue weighted by molar-refractivity contribution is 6.32. The first-order valence-corrected chi connectivity index (χ1v) is 10.6. The normalized spacial score (nSPS) is 10.7. The van der Waals surface area contributed by atoms with Gasteiger partial charge in [0.15, 0.2) is 11.5 Å². The van der Waals surface area contributed by atoms with E-state index in [4.69, 9.17) is 25.2 Å². The van der Waals surface area contributed by atoms with Crippen LogP contribution in [-0.4, -0.2) is 21.6 Å². The van der Waals surface area contributed by atoms with Gasteiger partial charge in [-0.15, -0.1) is 0 Å². The number of hydrogen-bond donors (Lipinski definition) is 2. The molecule has 4 aromatic rings. The van der Waals surface area contributed by atoms with Crippen molar-refractivity contribution in [3.8, 4) is 5.75 Å². The fourth-order valence-corrected chi connectivity index (χ4v) is 3.17. The highest BCUT2D eigenvalue weighted by Gasteiger charge is 2.21. The first kappa shape index (κ1) is 22.2. The lowest BCUT2D eigenvalue weighted by Gasteiger charge is -2.06. The predicted octanol–water partition coefficient (Wildman–Crippen LogP) is 4.50. The van der Waals surface area contributed by atoms with E-state index in [2.05, 4.69) is 15.7 Å². The maximum atomic E-state index is 12.7.